The number of piperidine rings is 1. The van der Waals surface area contributed by atoms with Crippen molar-refractivity contribution in [1.82, 2.24) is 10.2 Å². The van der Waals surface area contributed by atoms with Gasteiger partial charge in [0.2, 0.25) is 5.91 Å². The van der Waals surface area contributed by atoms with Crippen LogP contribution < -0.4 is 16.1 Å². The van der Waals surface area contributed by atoms with Gasteiger partial charge in [-0.25, -0.2) is 4.39 Å². The normalized spacial score (nSPS) is 25.0. The molecule has 1 fully saturated rings. The van der Waals surface area contributed by atoms with Gasteiger partial charge in [0.05, 0.1) is 5.69 Å². The summed E-state index contributed by atoms with van der Waals surface area (Å²) in [6.45, 7) is 8.28. The van der Waals surface area contributed by atoms with Gasteiger partial charge in [0.15, 0.2) is 0 Å². The summed E-state index contributed by atoms with van der Waals surface area (Å²) in [6, 6.07) is 4.83. The number of primary amides is 1. The lowest BCUT2D eigenvalue weighted by atomic mass is 9.92. The van der Waals surface area contributed by atoms with E-state index < -0.39 is 11.9 Å². The molecule has 2 aliphatic rings. The van der Waals surface area contributed by atoms with Crippen molar-refractivity contribution in [2.45, 2.75) is 39.2 Å². The largest absolute Gasteiger partial charge is 0.368 e. The van der Waals surface area contributed by atoms with Crippen molar-refractivity contribution in [1.29, 1.82) is 0 Å². The molecule has 2 aliphatic heterocycles. The monoisotopic (exact) mass is 403 g/mol. The summed E-state index contributed by atoms with van der Waals surface area (Å²) in [6.07, 6.45) is 2.28. The first kappa shape index (κ1) is 21.2. The highest BCUT2D eigenvalue weighted by molar-refractivity contribution is 6.40. The summed E-state index contributed by atoms with van der Waals surface area (Å²) in [5.74, 6) is 0.173. The number of hydrogen-bond donors (Lipinski definition) is 2. The van der Waals surface area contributed by atoms with Gasteiger partial charge in [-0.1, -0.05) is 13.8 Å². The minimum atomic E-state index is -0.752. The van der Waals surface area contributed by atoms with Crippen molar-refractivity contribution in [3.8, 4) is 0 Å². The minimum absolute atomic E-state index is 0.139. The number of hydrogen-bond acceptors (Lipinski definition) is 5. The molecule has 3 N–H and O–H groups in total. The van der Waals surface area contributed by atoms with Crippen molar-refractivity contribution in [2.24, 2.45) is 22.7 Å². The predicted molar refractivity (Wildman–Crippen MR) is 111 cm³/mol. The number of likely N-dealkylation sites (tertiary alicyclic amines) is 1. The van der Waals surface area contributed by atoms with Crippen molar-refractivity contribution in [3.63, 3.8) is 0 Å². The third kappa shape index (κ3) is 5.53. The van der Waals surface area contributed by atoms with Gasteiger partial charge in [0.1, 0.15) is 17.6 Å². The van der Waals surface area contributed by atoms with Crippen LogP contribution in [0, 0.1) is 17.7 Å². The first-order valence-electron chi connectivity index (χ1n) is 10.3. The fourth-order valence-corrected chi connectivity index (χ4v) is 4.28. The van der Waals surface area contributed by atoms with Crippen LogP contribution >= 0.6 is 0 Å². The van der Waals surface area contributed by atoms with Gasteiger partial charge in [-0.15, -0.1) is 0 Å². The number of nitrogens with one attached hydrogen (secondary N) is 1. The molecule has 1 aromatic carbocycles. The van der Waals surface area contributed by atoms with Crippen LogP contribution in [0.25, 0.3) is 0 Å². The molecule has 2 heterocycles. The molecular weight excluding hydrogens is 373 g/mol. The van der Waals surface area contributed by atoms with E-state index in [0.29, 0.717) is 24.1 Å². The molecule has 158 valence electrons. The first-order valence-corrected chi connectivity index (χ1v) is 10.3. The zero-order valence-electron chi connectivity index (χ0n) is 17.1. The number of amides is 2. The fourth-order valence-electron chi connectivity index (χ4n) is 4.28. The SMILES string of the molecule is CC1CC(C)CN(CCCNC(=O)C2=NN(c3ccc(F)cc3)C(C(N)=O)C2)C1. The Hall–Kier alpha value is -2.48. The second-order valence-corrected chi connectivity index (χ2v) is 8.31. The van der Waals surface area contributed by atoms with Crippen LogP contribution in [0.4, 0.5) is 10.1 Å². The van der Waals surface area contributed by atoms with Gasteiger partial charge in [0.25, 0.3) is 5.91 Å². The second kappa shape index (κ2) is 9.35. The first-order chi connectivity index (χ1) is 13.8. The summed E-state index contributed by atoms with van der Waals surface area (Å²) < 4.78 is 13.2. The lowest BCUT2D eigenvalue weighted by Crippen LogP contribution is -2.41. The molecule has 8 heteroatoms. The van der Waals surface area contributed by atoms with Crippen LogP contribution in [0.2, 0.25) is 0 Å². The molecule has 3 atom stereocenters. The van der Waals surface area contributed by atoms with Crippen LogP contribution in [0.5, 0.6) is 0 Å². The molecule has 0 aliphatic carbocycles. The van der Waals surface area contributed by atoms with Gasteiger partial charge >= 0.3 is 0 Å². The molecule has 0 radical (unpaired) electrons. The molecule has 7 nitrogen and oxygen atoms in total. The number of nitrogens with two attached hydrogens (primary N) is 1. The van der Waals surface area contributed by atoms with Crippen molar-refractivity contribution in [3.05, 3.63) is 30.1 Å². The lowest BCUT2D eigenvalue weighted by Gasteiger charge is -2.34. The summed E-state index contributed by atoms with van der Waals surface area (Å²) in [5, 5.41) is 8.57. The van der Waals surface area contributed by atoms with Gasteiger partial charge in [-0.2, -0.15) is 5.10 Å². The van der Waals surface area contributed by atoms with Gasteiger partial charge < -0.3 is 16.0 Å². The zero-order chi connectivity index (χ0) is 21.0. The molecule has 29 heavy (non-hydrogen) atoms. The van der Waals surface area contributed by atoms with E-state index in [2.05, 4.69) is 29.2 Å². The number of hydrazone groups is 1. The maximum Gasteiger partial charge on any atom is 0.267 e. The van der Waals surface area contributed by atoms with Crippen LogP contribution in [-0.4, -0.2) is 54.6 Å². The molecule has 3 unspecified atom stereocenters. The smallest absolute Gasteiger partial charge is 0.267 e. The Morgan fingerprint density at radius 2 is 1.86 bits per heavy atom. The topological polar surface area (TPSA) is 91.0 Å². The van der Waals surface area contributed by atoms with Crippen molar-refractivity contribution >= 4 is 23.2 Å². The third-order valence-corrected chi connectivity index (χ3v) is 5.47. The van der Waals surface area contributed by atoms with E-state index in [9.17, 15) is 14.0 Å². The molecule has 0 spiro atoms. The summed E-state index contributed by atoms with van der Waals surface area (Å²) in [5.41, 5.74) is 6.26. The number of carbonyl (C=O) groups excluding carboxylic acids is 2. The maximum atomic E-state index is 13.2. The maximum absolute atomic E-state index is 13.2. The molecule has 0 aromatic heterocycles. The Bertz CT molecular complexity index is 757. The number of anilines is 1. The molecule has 3 rings (SSSR count). The zero-order valence-corrected chi connectivity index (χ0v) is 17.1. The Morgan fingerprint density at radius 3 is 2.48 bits per heavy atom. The van der Waals surface area contributed by atoms with Crippen LogP contribution in [0.1, 0.15) is 33.1 Å². The highest BCUT2D eigenvalue weighted by atomic mass is 19.1. The Morgan fingerprint density at radius 1 is 1.21 bits per heavy atom. The molecule has 0 saturated carbocycles. The Balaban J connectivity index is 1.52. The van der Waals surface area contributed by atoms with Crippen molar-refractivity contribution < 1.29 is 14.0 Å². The highest BCUT2D eigenvalue weighted by Gasteiger charge is 2.34. The third-order valence-electron chi connectivity index (χ3n) is 5.47. The summed E-state index contributed by atoms with van der Waals surface area (Å²) >= 11 is 0. The van der Waals surface area contributed by atoms with E-state index >= 15 is 0 Å². The lowest BCUT2D eigenvalue weighted by molar-refractivity contribution is -0.119. The number of benzene rings is 1. The van der Waals surface area contributed by atoms with E-state index in [4.69, 9.17) is 5.73 Å². The van der Waals surface area contributed by atoms with Gasteiger partial charge in [-0.3, -0.25) is 14.6 Å². The fraction of sp³-hybridized carbons (Fsp3) is 0.571. The van der Waals surface area contributed by atoms with Crippen LogP contribution in [-0.2, 0) is 9.59 Å². The van der Waals surface area contributed by atoms with E-state index in [-0.39, 0.29) is 23.9 Å². The number of carbonyl (C=O) groups is 2. The standard InChI is InChI=1S/C21H30FN5O2/c1-14-10-15(2)13-26(12-14)9-3-8-24-21(29)18-11-19(20(23)28)27(25-18)17-6-4-16(22)5-7-17/h4-7,14-15,19H,3,8-13H2,1-2H3,(H2,23,28)(H,24,29). The van der Waals surface area contributed by atoms with Crippen LogP contribution in [0.15, 0.2) is 29.4 Å². The second-order valence-electron chi connectivity index (χ2n) is 8.31. The molecule has 1 aromatic rings. The number of rotatable bonds is 7. The summed E-state index contributed by atoms with van der Waals surface area (Å²) in [7, 11) is 0. The van der Waals surface area contributed by atoms with E-state index in [0.717, 1.165) is 26.1 Å². The molecule has 1 saturated heterocycles. The average molecular weight is 404 g/mol. The van der Waals surface area contributed by atoms with Crippen LogP contribution in [0.3, 0.4) is 0 Å². The number of nitrogens with zero attached hydrogens (tertiary/aromatic N) is 3. The Labute approximate surface area is 171 Å². The average Bonchev–Trinajstić information content (AvgIpc) is 3.11. The Kier molecular flexibility index (Phi) is 6.84. The summed E-state index contributed by atoms with van der Waals surface area (Å²) in [4.78, 5) is 26.8. The predicted octanol–water partition coefficient (Wildman–Crippen LogP) is 1.73. The van der Waals surface area contributed by atoms with Crippen molar-refractivity contribution in [2.75, 3.05) is 31.2 Å². The van der Waals surface area contributed by atoms with E-state index in [1.807, 2.05) is 0 Å². The quantitative estimate of drug-likeness (QED) is 0.679. The molecular formula is C21H30FN5O2. The van der Waals surface area contributed by atoms with E-state index in [1.165, 1.54) is 35.7 Å². The van der Waals surface area contributed by atoms with Gasteiger partial charge in [-0.05, 0) is 55.5 Å². The molecule has 2 amide bonds. The minimum Gasteiger partial charge on any atom is -0.368 e. The van der Waals surface area contributed by atoms with Gasteiger partial charge in [0, 0.05) is 26.1 Å². The number of halogens is 1. The highest BCUT2D eigenvalue weighted by Crippen LogP contribution is 2.25. The van der Waals surface area contributed by atoms with E-state index in [1.54, 1.807) is 0 Å². The molecule has 0 bridgehead atoms.